The van der Waals surface area contributed by atoms with E-state index >= 15 is 0 Å². The van der Waals surface area contributed by atoms with Gasteiger partial charge in [-0.3, -0.25) is 5.32 Å². The first-order valence-electron chi connectivity index (χ1n) is 9.23. The first-order chi connectivity index (χ1) is 14.6. The number of fused-ring (bicyclic) bond motifs is 1. The number of aromatic nitrogens is 3. The molecule has 0 spiro atoms. The lowest BCUT2D eigenvalue weighted by atomic mass is 10.0. The summed E-state index contributed by atoms with van der Waals surface area (Å²) in [7, 11) is 0. The number of hydrogen-bond donors (Lipinski definition) is 2. The fourth-order valence-electron chi connectivity index (χ4n) is 3.22. The van der Waals surface area contributed by atoms with E-state index < -0.39 is 6.09 Å². The largest absolute Gasteiger partial charge is 0.465 e. The molecular weight excluding hydrogens is 378 g/mol. The van der Waals surface area contributed by atoms with Gasteiger partial charge < -0.3 is 5.11 Å². The van der Waals surface area contributed by atoms with Crippen molar-refractivity contribution in [1.29, 1.82) is 5.26 Å². The van der Waals surface area contributed by atoms with Crippen molar-refractivity contribution >= 4 is 28.9 Å². The predicted octanol–water partition coefficient (Wildman–Crippen LogP) is 4.77. The van der Waals surface area contributed by atoms with Gasteiger partial charge in [0.1, 0.15) is 5.52 Å². The Bertz CT molecular complexity index is 1290. The molecule has 0 saturated heterocycles. The minimum atomic E-state index is -1.11. The molecule has 7 nitrogen and oxygen atoms in total. The van der Waals surface area contributed by atoms with E-state index in [4.69, 9.17) is 5.26 Å². The zero-order chi connectivity index (χ0) is 20.9. The van der Waals surface area contributed by atoms with Crippen molar-refractivity contribution in [2.24, 2.45) is 0 Å². The fourth-order valence-corrected chi connectivity index (χ4v) is 3.22. The molecule has 2 N–H and O–H groups in total. The van der Waals surface area contributed by atoms with Crippen molar-refractivity contribution in [3.8, 4) is 17.2 Å². The molecule has 3 aromatic carbocycles. The molecule has 0 atom stereocenters. The highest BCUT2D eigenvalue weighted by Crippen LogP contribution is 2.29. The van der Waals surface area contributed by atoms with E-state index in [0.717, 1.165) is 22.2 Å². The third-order valence-corrected chi connectivity index (χ3v) is 4.60. The van der Waals surface area contributed by atoms with Crippen LogP contribution in [0.3, 0.4) is 0 Å². The number of carbonyl (C=O) groups is 1. The molecule has 0 fully saturated rings. The lowest BCUT2D eigenvalue weighted by Crippen LogP contribution is -2.08. The number of anilines is 1. The molecule has 0 aliphatic rings. The van der Waals surface area contributed by atoms with Gasteiger partial charge in [-0.1, -0.05) is 59.8 Å². The summed E-state index contributed by atoms with van der Waals surface area (Å²) < 4.78 is 1.74. The van der Waals surface area contributed by atoms with E-state index in [1.165, 1.54) is 0 Å². The topological polar surface area (TPSA) is 104 Å². The maximum Gasteiger partial charge on any atom is 0.409 e. The lowest BCUT2D eigenvalue weighted by molar-refractivity contribution is 0.210. The van der Waals surface area contributed by atoms with Crippen LogP contribution < -0.4 is 5.32 Å². The summed E-state index contributed by atoms with van der Waals surface area (Å²) in [6.07, 6.45) is 2.71. The second kappa shape index (κ2) is 8.29. The summed E-state index contributed by atoms with van der Waals surface area (Å²) in [4.78, 5) is 11.2. The molecule has 0 radical (unpaired) electrons. The highest BCUT2D eigenvalue weighted by Gasteiger charge is 2.08. The summed E-state index contributed by atoms with van der Waals surface area (Å²) in [6, 6.07) is 22.6. The second-order valence-electron chi connectivity index (χ2n) is 6.59. The summed E-state index contributed by atoms with van der Waals surface area (Å²) in [5.41, 5.74) is 5.17. The Hall–Kier alpha value is -4.44. The molecule has 1 amide bonds. The number of amides is 1. The Balaban J connectivity index is 1.58. The van der Waals surface area contributed by atoms with Gasteiger partial charge in [0.2, 0.25) is 0 Å². The monoisotopic (exact) mass is 395 g/mol. The van der Waals surface area contributed by atoms with Gasteiger partial charge in [-0.15, -0.1) is 5.10 Å². The molecule has 7 heteroatoms. The Morgan fingerprint density at radius 1 is 1.13 bits per heavy atom. The first kappa shape index (κ1) is 18.9. The minimum Gasteiger partial charge on any atom is -0.465 e. The van der Waals surface area contributed by atoms with Crippen molar-refractivity contribution in [3.63, 3.8) is 0 Å². The van der Waals surface area contributed by atoms with Gasteiger partial charge in [0.05, 0.1) is 29.4 Å². The van der Waals surface area contributed by atoms with Crippen molar-refractivity contribution in [2.75, 3.05) is 5.32 Å². The number of carboxylic acid groups (broad SMARTS) is 1. The van der Waals surface area contributed by atoms with Crippen LogP contribution in [0, 0.1) is 11.3 Å². The maximum atomic E-state index is 11.2. The molecule has 0 aliphatic heterocycles. The maximum absolute atomic E-state index is 11.2. The van der Waals surface area contributed by atoms with E-state index in [9.17, 15) is 9.90 Å². The summed E-state index contributed by atoms with van der Waals surface area (Å²) in [5, 5.41) is 28.9. The van der Waals surface area contributed by atoms with Crippen LogP contribution in [0.5, 0.6) is 0 Å². The quantitative estimate of drug-likeness (QED) is 0.506. The molecule has 4 rings (SSSR count). The second-order valence-corrected chi connectivity index (χ2v) is 6.59. The van der Waals surface area contributed by atoms with Crippen LogP contribution >= 0.6 is 0 Å². The van der Waals surface area contributed by atoms with Crippen LogP contribution in [0.15, 0.2) is 72.8 Å². The molecule has 0 unspecified atom stereocenters. The SMILES string of the molecule is N#Cc1ccc2c(c1)nnn2C/C=C/c1ccc(-c2ccccc2)c(NC(=O)O)c1. The van der Waals surface area contributed by atoms with Crippen molar-refractivity contribution in [2.45, 2.75) is 6.54 Å². The first-order valence-corrected chi connectivity index (χ1v) is 9.23. The van der Waals surface area contributed by atoms with Crippen molar-refractivity contribution < 1.29 is 9.90 Å². The highest BCUT2D eigenvalue weighted by atomic mass is 16.4. The van der Waals surface area contributed by atoms with Gasteiger partial charge in [-0.25, -0.2) is 9.48 Å². The molecule has 1 heterocycles. The van der Waals surface area contributed by atoms with E-state index in [-0.39, 0.29) is 0 Å². The molecule has 30 heavy (non-hydrogen) atoms. The number of allylic oxidation sites excluding steroid dienone is 1. The van der Waals surface area contributed by atoms with Gasteiger partial charge in [-0.2, -0.15) is 5.26 Å². The molecule has 0 aliphatic carbocycles. The number of nitrogens with zero attached hydrogens (tertiary/aromatic N) is 4. The van der Waals surface area contributed by atoms with Crippen LogP contribution in [0.4, 0.5) is 10.5 Å². The molecule has 4 aromatic rings. The molecule has 1 aromatic heterocycles. The minimum absolute atomic E-state index is 0.491. The van der Waals surface area contributed by atoms with E-state index in [2.05, 4.69) is 21.7 Å². The zero-order valence-corrected chi connectivity index (χ0v) is 15.9. The zero-order valence-electron chi connectivity index (χ0n) is 15.9. The number of benzene rings is 3. The number of hydrogen-bond acceptors (Lipinski definition) is 4. The number of nitriles is 1. The third-order valence-electron chi connectivity index (χ3n) is 4.60. The lowest BCUT2D eigenvalue weighted by Gasteiger charge is -2.10. The molecule has 0 bridgehead atoms. The van der Waals surface area contributed by atoms with Gasteiger partial charge in [0, 0.05) is 5.56 Å². The van der Waals surface area contributed by atoms with Gasteiger partial charge in [0.15, 0.2) is 0 Å². The molecule has 146 valence electrons. The average molecular weight is 395 g/mol. The summed E-state index contributed by atoms with van der Waals surface area (Å²) >= 11 is 0. The van der Waals surface area contributed by atoms with Crippen molar-refractivity contribution in [1.82, 2.24) is 15.0 Å². The van der Waals surface area contributed by atoms with Crippen LogP contribution in [-0.2, 0) is 6.54 Å². The fraction of sp³-hybridized carbons (Fsp3) is 0.0435. The van der Waals surface area contributed by atoms with Gasteiger partial charge in [-0.05, 0) is 35.4 Å². The van der Waals surface area contributed by atoms with Gasteiger partial charge >= 0.3 is 6.09 Å². The Morgan fingerprint density at radius 2 is 1.97 bits per heavy atom. The van der Waals surface area contributed by atoms with Crippen molar-refractivity contribution in [3.05, 3.63) is 83.9 Å². The van der Waals surface area contributed by atoms with Crippen LogP contribution in [0.25, 0.3) is 28.2 Å². The average Bonchev–Trinajstić information content (AvgIpc) is 3.16. The smallest absolute Gasteiger partial charge is 0.409 e. The van der Waals surface area contributed by atoms with E-state index in [1.807, 2.05) is 60.7 Å². The van der Waals surface area contributed by atoms with Gasteiger partial charge in [0.25, 0.3) is 0 Å². The van der Waals surface area contributed by atoms with E-state index in [0.29, 0.717) is 23.3 Å². The van der Waals surface area contributed by atoms with Crippen LogP contribution in [0.1, 0.15) is 11.1 Å². The Labute approximate surface area is 172 Å². The Morgan fingerprint density at radius 3 is 2.73 bits per heavy atom. The summed E-state index contributed by atoms with van der Waals surface area (Å²) in [6.45, 7) is 0.491. The number of rotatable bonds is 5. The normalized spacial score (nSPS) is 10.9. The van der Waals surface area contributed by atoms with E-state index in [1.54, 1.807) is 22.9 Å². The number of nitrogens with one attached hydrogen (secondary N) is 1. The molecular formula is C23H17N5O2. The summed E-state index contributed by atoms with van der Waals surface area (Å²) in [5.74, 6) is 0. The van der Waals surface area contributed by atoms with Crippen LogP contribution in [-0.4, -0.2) is 26.2 Å². The third kappa shape index (κ3) is 4.03. The van der Waals surface area contributed by atoms with Crippen LogP contribution in [0.2, 0.25) is 0 Å². The molecule has 0 saturated carbocycles. The standard InChI is InChI=1S/C23H17N5O2/c24-15-17-9-11-22-21(14-17)26-27-28(22)12-4-5-16-8-10-19(18-6-2-1-3-7-18)20(13-16)25-23(29)30/h1-11,13-14,25H,12H2,(H,29,30)/b5-4+. The predicted molar refractivity (Wildman–Crippen MR) is 115 cm³/mol. The Kier molecular flexibility index (Phi) is 5.22. The highest BCUT2D eigenvalue weighted by molar-refractivity contribution is 5.91.